The van der Waals surface area contributed by atoms with Gasteiger partial charge in [0.1, 0.15) is 0 Å². The molecule has 0 saturated carbocycles. The van der Waals surface area contributed by atoms with Crippen LogP contribution in [0.15, 0.2) is 41.8 Å². The van der Waals surface area contributed by atoms with Crippen LogP contribution in [0.5, 0.6) is 0 Å². The Kier molecular flexibility index (Phi) is 6.60. The number of hydrogen-bond acceptors (Lipinski definition) is 5. The van der Waals surface area contributed by atoms with Crippen molar-refractivity contribution in [3.05, 3.63) is 52.2 Å². The number of likely N-dealkylation sites (N-methyl/N-ethyl adjacent to an activating group) is 2. The Labute approximate surface area is 164 Å². The standard InChI is InChI=1S/C20H26N4O2S/c1-22-8-10-24(11-9-22)14-16-5-3-6-17(13-16)21-19(25)15-23(2)20(26)18-7-4-12-27-18/h3-7,12-13H,8-11,14-15H2,1-2H3,(H,21,25). The first-order valence-corrected chi connectivity index (χ1v) is 9.98. The highest BCUT2D eigenvalue weighted by Crippen LogP contribution is 2.15. The van der Waals surface area contributed by atoms with E-state index >= 15 is 0 Å². The number of benzene rings is 1. The lowest BCUT2D eigenvalue weighted by atomic mass is 10.1. The number of nitrogens with zero attached hydrogens (tertiary/aromatic N) is 3. The van der Waals surface area contributed by atoms with Crippen LogP contribution in [0.1, 0.15) is 15.2 Å². The van der Waals surface area contributed by atoms with E-state index in [9.17, 15) is 9.59 Å². The molecule has 2 heterocycles. The van der Waals surface area contributed by atoms with Crippen molar-refractivity contribution in [2.75, 3.05) is 52.1 Å². The van der Waals surface area contributed by atoms with Gasteiger partial charge >= 0.3 is 0 Å². The second-order valence-electron chi connectivity index (χ2n) is 6.97. The van der Waals surface area contributed by atoms with Gasteiger partial charge in [-0.2, -0.15) is 0 Å². The van der Waals surface area contributed by atoms with E-state index in [1.165, 1.54) is 21.8 Å². The molecule has 1 aliphatic rings. The van der Waals surface area contributed by atoms with Crippen molar-refractivity contribution in [3.8, 4) is 0 Å². The van der Waals surface area contributed by atoms with E-state index < -0.39 is 0 Å². The summed E-state index contributed by atoms with van der Waals surface area (Å²) in [5.74, 6) is -0.330. The molecule has 1 N–H and O–H groups in total. The molecule has 7 heteroatoms. The minimum atomic E-state index is -0.195. The van der Waals surface area contributed by atoms with Crippen LogP contribution in [0, 0.1) is 0 Å². The van der Waals surface area contributed by atoms with Gasteiger partial charge in [-0.05, 0) is 36.2 Å². The molecule has 0 radical (unpaired) electrons. The molecule has 0 aliphatic carbocycles. The van der Waals surface area contributed by atoms with E-state index in [0.717, 1.165) is 38.4 Å². The summed E-state index contributed by atoms with van der Waals surface area (Å²) in [6, 6.07) is 11.5. The Morgan fingerprint density at radius 2 is 1.93 bits per heavy atom. The summed E-state index contributed by atoms with van der Waals surface area (Å²) in [4.78, 5) is 31.4. The van der Waals surface area contributed by atoms with Crippen molar-refractivity contribution in [2.45, 2.75) is 6.54 Å². The van der Waals surface area contributed by atoms with Crippen LogP contribution in [0.3, 0.4) is 0 Å². The lowest BCUT2D eigenvalue weighted by Gasteiger charge is -2.32. The van der Waals surface area contributed by atoms with Crippen LogP contribution < -0.4 is 5.32 Å². The van der Waals surface area contributed by atoms with Crippen LogP contribution >= 0.6 is 11.3 Å². The highest BCUT2D eigenvalue weighted by molar-refractivity contribution is 7.12. The number of thiophene rings is 1. The van der Waals surface area contributed by atoms with Crippen molar-refractivity contribution < 1.29 is 9.59 Å². The smallest absolute Gasteiger partial charge is 0.264 e. The van der Waals surface area contributed by atoms with Gasteiger partial charge in [0.05, 0.1) is 11.4 Å². The van der Waals surface area contributed by atoms with E-state index in [4.69, 9.17) is 0 Å². The van der Waals surface area contributed by atoms with Crippen molar-refractivity contribution in [1.82, 2.24) is 14.7 Å². The summed E-state index contributed by atoms with van der Waals surface area (Å²) in [6.07, 6.45) is 0. The number of piperazine rings is 1. The summed E-state index contributed by atoms with van der Waals surface area (Å²) >= 11 is 1.38. The molecule has 27 heavy (non-hydrogen) atoms. The second kappa shape index (κ2) is 9.12. The molecule has 144 valence electrons. The van der Waals surface area contributed by atoms with Crippen molar-refractivity contribution >= 4 is 28.8 Å². The average molecular weight is 387 g/mol. The van der Waals surface area contributed by atoms with E-state index in [-0.39, 0.29) is 18.4 Å². The molecule has 1 aromatic carbocycles. The maximum atomic E-state index is 12.3. The van der Waals surface area contributed by atoms with Crippen LogP contribution in [0.2, 0.25) is 0 Å². The first-order valence-electron chi connectivity index (χ1n) is 9.10. The van der Waals surface area contributed by atoms with E-state index in [1.807, 2.05) is 29.6 Å². The number of amides is 2. The summed E-state index contributed by atoms with van der Waals surface area (Å²) in [5.41, 5.74) is 1.95. The maximum Gasteiger partial charge on any atom is 0.264 e. The fourth-order valence-corrected chi connectivity index (χ4v) is 3.81. The number of carbonyl (C=O) groups is 2. The summed E-state index contributed by atoms with van der Waals surface area (Å²) in [6.45, 7) is 5.20. The van der Waals surface area contributed by atoms with Crippen molar-refractivity contribution in [3.63, 3.8) is 0 Å². The predicted octanol–water partition coefficient (Wildman–Crippen LogP) is 2.21. The monoisotopic (exact) mass is 386 g/mol. The maximum absolute atomic E-state index is 12.3. The molecule has 0 atom stereocenters. The number of carbonyl (C=O) groups excluding carboxylic acids is 2. The third-order valence-corrected chi connectivity index (χ3v) is 5.53. The van der Waals surface area contributed by atoms with Gasteiger partial charge in [-0.3, -0.25) is 14.5 Å². The zero-order valence-electron chi connectivity index (χ0n) is 15.9. The van der Waals surface area contributed by atoms with Crippen LogP contribution in [0.25, 0.3) is 0 Å². The fourth-order valence-electron chi connectivity index (χ4n) is 3.09. The normalized spacial score (nSPS) is 15.5. The van der Waals surface area contributed by atoms with Gasteiger partial charge in [0.15, 0.2) is 0 Å². The SMILES string of the molecule is CN1CCN(Cc2cccc(NC(=O)CN(C)C(=O)c3cccs3)c2)CC1. The summed E-state index contributed by atoms with van der Waals surface area (Å²) in [7, 11) is 3.79. The predicted molar refractivity (Wildman–Crippen MR) is 109 cm³/mol. The largest absolute Gasteiger partial charge is 0.332 e. The topological polar surface area (TPSA) is 55.9 Å². The molecule has 2 amide bonds. The van der Waals surface area contributed by atoms with E-state index in [2.05, 4.69) is 28.2 Å². The van der Waals surface area contributed by atoms with Crippen LogP contribution in [-0.4, -0.2) is 73.3 Å². The van der Waals surface area contributed by atoms with Gasteiger partial charge in [-0.1, -0.05) is 18.2 Å². The third kappa shape index (κ3) is 5.63. The summed E-state index contributed by atoms with van der Waals surface area (Å²) < 4.78 is 0. The molecule has 1 aliphatic heterocycles. The van der Waals surface area contributed by atoms with Gasteiger partial charge in [-0.15, -0.1) is 11.3 Å². The molecular formula is C20H26N4O2S. The first-order chi connectivity index (χ1) is 13.0. The number of anilines is 1. The van der Waals surface area contributed by atoms with Crippen LogP contribution in [-0.2, 0) is 11.3 Å². The van der Waals surface area contributed by atoms with E-state index in [1.54, 1.807) is 13.1 Å². The zero-order chi connectivity index (χ0) is 19.2. The number of hydrogen-bond donors (Lipinski definition) is 1. The average Bonchev–Trinajstić information content (AvgIpc) is 3.18. The molecule has 2 aromatic rings. The Bertz CT molecular complexity index is 770. The molecular weight excluding hydrogens is 360 g/mol. The lowest BCUT2D eigenvalue weighted by molar-refractivity contribution is -0.116. The van der Waals surface area contributed by atoms with Gasteiger partial charge in [-0.25, -0.2) is 0 Å². The van der Waals surface area contributed by atoms with Gasteiger partial charge < -0.3 is 15.1 Å². The molecule has 6 nitrogen and oxygen atoms in total. The molecule has 0 spiro atoms. The second-order valence-corrected chi connectivity index (χ2v) is 7.91. The molecule has 1 saturated heterocycles. The van der Waals surface area contributed by atoms with Gasteiger partial charge in [0.25, 0.3) is 5.91 Å². The molecule has 1 aromatic heterocycles. The lowest BCUT2D eigenvalue weighted by Crippen LogP contribution is -2.43. The molecule has 1 fully saturated rings. The number of rotatable bonds is 6. The minimum Gasteiger partial charge on any atom is -0.332 e. The van der Waals surface area contributed by atoms with E-state index in [0.29, 0.717) is 4.88 Å². The van der Waals surface area contributed by atoms with Gasteiger partial charge in [0.2, 0.25) is 5.91 Å². The minimum absolute atomic E-state index is 0.0272. The number of nitrogens with one attached hydrogen (secondary N) is 1. The third-order valence-electron chi connectivity index (χ3n) is 4.67. The zero-order valence-corrected chi connectivity index (χ0v) is 16.7. The Hall–Kier alpha value is -2.22. The van der Waals surface area contributed by atoms with Crippen molar-refractivity contribution in [1.29, 1.82) is 0 Å². The Morgan fingerprint density at radius 1 is 1.15 bits per heavy atom. The highest BCUT2D eigenvalue weighted by atomic mass is 32.1. The molecule has 0 unspecified atom stereocenters. The summed E-state index contributed by atoms with van der Waals surface area (Å²) in [5, 5.41) is 4.76. The molecule has 3 rings (SSSR count). The highest BCUT2D eigenvalue weighted by Gasteiger charge is 2.16. The first kappa shape index (κ1) is 19.5. The van der Waals surface area contributed by atoms with Gasteiger partial charge in [0, 0.05) is 45.5 Å². The quantitative estimate of drug-likeness (QED) is 0.827. The van der Waals surface area contributed by atoms with Crippen molar-refractivity contribution in [2.24, 2.45) is 0 Å². The Morgan fingerprint density at radius 3 is 2.63 bits per heavy atom. The van der Waals surface area contributed by atoms with Crippen LogP contribution in [0.4, 0.5) is 5.69 Å². The Balaban J connectivity index is 1.52. The molecule has 0 bridgehead atoms. The fraction of sp³-hybridized carbons (Fsp3) is 0.400.